The number of carbonyl (C=O) groups is 1. The molecule has 4 nitrogen and oxygen atoms in total. The van der Waals surface area contributed by atoms with Crippen LogP contribution in [-0.2, 0) is 6.54 Å². The van der Waals surface area contributed by atoms with Gasteiger partial charge < -0.3 is 4.42 Å². The molecule has 0 aliphatic carbocycles. The first-order valence-electron chi connectivity index (χ1n) is 7.88. The maximum absolute atomic E-state index is 12.4. The minimum absolute atomic E-state index is 0.220. The molecule has 0 bridgehead atoms. The Morgan fingerprint density at radius 2 is 2.09 bits per heavy atom. The molecule has 1 aliphatic rings. The van der Waals surface area contributed by atoms with Crippen LogP contribution in [0.5, 0.6) is 0 Å². The van der Waals surface area contributed by atoms with Crippen LogP contribution in [0.1, 0.15) is 47.0 Å². The largest absolute Gasteiger partial charge is 0.444 e. The third-order valence-electron chi connectivity index (χ3n) is 4.43. The summed E-state index contributed by atoms with van der Waals surface area (Å²) in [6.45, 7) is 5.60. The van der Waals surface area contributed by atoms with E-state index in [0.717, 1.165) is 42.3 Å². The van der Waals surface area contributed by atoms with Gasteiger partial charge in [0.2, 0.25) is 5.89 Å². The highest BCUT2D eigenvalue weighted by Crippen LogP contribution is 2.24. The Morgan fingerprint density at radius 1 is 1.32 bits per heavy atom. The minimum Gasteiger partial charge on any atom is -0.444 e. The Bertz CT molecular complexity index is 629. The molecule has 0 spiro atoms. The number of aryl methyl sites for hydroxylation is 2. The predicted octanol–water partition coefficient (Wildman–Crippen LogP) is 3.53. The van der Waals surface area contributed by atoms with E-state index in [1.54, 1.807) is 0 Å². The fourth-order valence-electron chi connectivity index (χ4n) is 3.07. The van der Waals surface area contributed by atoms with Gasteiger partial charge in [-0.3, -0.25) is 9.69 Å². The Kier molecular flexibility index (Phi) is 4.39. The SMILES string of the molecule is Cc1nc(CN2CCC[C@H]2CC(=O)c2ccccc2)oc1C. The van der Waals surface area contributed by atoms with Crippen LogP contribution in [0.4, 0.5) is 0 Å². The summed E-state index contributed by atoms with van der Waals surface area (Å²) in [4.78, 5) is 19.2. The van der Waals surface area contributed by atoms with Gasteiger partial charge in [-0.15, -0.1) is 0 Å². The molecule has 0 radical (unpaired) electrons. The second-order valence-corrected chi connectivity index (χ2v) is 6.01. The zero-order valence-electron chi connectivity index (χ0n) is 13.2. The molecular formula is C18H22N2O2. The zero-order chi connectivity index (χ0) is 15.5. The lowest BCUT2D eigenvalue weighted by molar-refractivity contribution is 0.0933. The van der Waals surface area contributed by atoms with Crippen molar-refractivity contribution in [1.82, 2.24) is 9.88 Å². The molecule has 1 aliphatic heterocycles. The molecule has 1 aromatic heterocycles. The highest BCUT2D eigenvalue weighted by Gasteiger charge is 2.28. The Morgan fingerprint density at radius 3 is 2.77 bits per heavy atom. The van der Waals surface area contributed by atoms with Gasteiger partial charge in [-0.2, -0.15) is 0 Å². The van der Waals surface area contributed by atoms with Crippen LogP contribution in [0.3, 0.4) is 0 Å². The van der Waals surface area contributed by atoms with Crippen molar-refractivity contribution in [3.63, 3.8) is 0 Å². The Labute approximate surface area is 131 Å². The molecule has 1 saturated heterocycles. The fraction of sp³-hybridized carbons (Fsp3) is 0.444. The first-order valence-corrected chi connectivity index (χ1v) is 7.88. The standard InChI is InChI=1S/C18H22N2O2/c1-13-14(2)22-18(19-13)12-20-10-6-9-16(20)11-17(21)15-7-4-3-5-8-15/h3-5,7-8,16H,6,9-12H2,1-2H3/t16-/m0/s1. The lowest BCUT2D eigenvalue weighted by Gasteiger charge is -2.22. The topological polar surface area (TPSA) is 46.3 Å². The number of aromatic nitrogens is 1. The van der Waals surface area contributed by atoms with Crippen LogP contribution in [0, 0.1) is 13.8 Å². The fourth-order valence-corrected chi connectivity index (χ4v) is 3.07. The van der Waals surface area contributed by atoms with E-state index in [1.165, 1.54) is 0 Å². The van der Waals surface area contributed by atoms with E-state index < -0.39 is 0 Å². The van der Waals surface area contributed by atoms with Gasteiger partial charge in [0.15, 0.2) is 5.78 Å². The number of carbonyl (C=O) groups excluding carboxylic acids is 1. The quantitative estimate of drug-likeness (QED) is 0.792. The van der Waals surface area contributed by atoms with Crippen LogP contribution in [0.25, 0.3) is 0 Å². The van der Waals surface area contributed by atoms with Crippen molar-refractivity contribution in [2.75, 3.05) is 6.54 Å². The van der Waals surface area contributed by atoms with Gasteiger partial charge in [0.25, 0.3) is 0 Å². The van der Waals surface area contributed by atoms with E-state index in [4.69, 9.17) is 4.42 Å². The molecule has 1 atom stereocenters. The van der Waals surface area contributed by atoms with Gasteiger partial charge in [0, 0.05) is 18.0 Å². The number of nitrogens with zero attached hydrogens (tertiary/aromatic N) is 2. The molecule has 3 rings (SSSR count). The summed E-state index contributed by atoms with van der Waals surface area (Å²) in [5.41, 5.74) is 1.75. The van der Waals surface area contributed by atoms with Gasteiger partial charge >= 0.3 is 0 Å². The summed E-state index contributed by atoms with van der Waals surface area (Å²) in [5, 5.41) is 0. The van der Waals surface area contributed by atoms with Crippen molar-refractivity contribution in [2.45, 2.75) is 45.7 Å². The third kappa shape index (κ3) is 3.28. The van der Waals surface area contributed by atoms with Crippen LogP contribution in [0.15, 0.2) is 34.7 Å². The Balaban J connectivity index is 1.64. The van der Waals surface area contributed by atoms with Crippen LogP contribution in [-0.4, -0.2) is 28.3 Å². The molecule has 2 aromatic rings. The number of oxazole rings is 1. The number of Topliss-reactive ketones (excluding diaryl/α,β-unsaturated/α-hetero) is 1. The zero-order valence-corrected chi connectivity index (χ0v) is 13.2. The first kappa shape index (κ1) is 15.0. The summed E-state index contributed by atoms with van der Waals surface area (Å²) in [6.07, 6.45) is 2.77. The monoisotopic (exact) mass is 298 g/mol. The minimum atomic E-state index is 0.220. The van der Waals surface area contributed by atoms with E-state index in [1.807, 2.05) is 44.2 Å². The average molecular weight is 298 g/mol. The molecule has 1 aromatic carbocycles. The molecule has 0 amide bonds. The normalized spacial score (nSPS) is 18.7. The van der Waals surface area contributed by atoms with Crippen molar-refractivity contribution in [3.8, 4) is 0 Å². The lowest BCUT2D eigenvalue weighted by atomic mass is 10.0. The maximum Gasteiger partial charge on any atom is 0.208 e. The van der Waals surface area contributed by atoms with Crippen molar-refractivity contribution < 1.29 is 9.21 Å². The molecule has 116 valence electrons. The molecule has 0 N–H and O–H groups in total. The van der Waals surface area contributed by atoms with Crippen molar-refractivity contribution >= 4 is 5.78 Å². The third-order valence-corrected chi connectivity index (χ3v) is 4.43. The van der Waals surface area contributed by atoms with Gasteiger partial charge in [-0.1, -0.05) is 30.3 Å². The van der Waals surface area contributed by atoms with E-state index in [9.17, 15) is 4.79 Å². The van der Waals surface area contributed by atoms with Gasteiger partial charge in [-0.25, -0.2) is 4.98 Å². The molecule has 2 heterocycles. The van der Waals surface area contributed by atoms with Crippen molar-refractivity contribution in [1.29, 1.82) is 0 Å². The predicted molar refractivity (Wildman–Crippen MR) is 84.8 cm³/mol. The number of hydrogen-bond acceptors (Lipinski definition) is 4. The van der Waals surface area contributed by atoms with Gasteiger partial charge in [0.05, 0.1) is 12.2 Å². The van der Waals surface area contributed by atoms with Crippen LogP contribution in [0.2, 0.25) is 0 Å². The maximum atomic E-state index is 12.4. The highest BCUT2D eigenvalue weighted by molar-refractivity contribution is 5.96. The molecule has 1 fully saturated rings. The second kappa shape index (κ2) is 6.44. The van der Waals surface area contributed by atoms with E-state index >= 15 is 0 Å². The highest BCUT2D eigenvalue weighted by atomic mass is 16.4. The van der Waals surface area contributed by atoms with Crippen molar-refractivity contribution in [3.05, 3.63) is 53.2 Å². The number of hydrogen-bond donors (Lipinski definition) is 0. The van der Waals surface area contributed by atoms with Crippen LogP contribution < -0.4 is 0 Å². The molecular weight excluding hydrogens is 276 g/mol. The van der Waals surface area contributed by atoms with Gasteiger partial charge in [0.1, 0.15) is 5.76 Å². The number of ketones is 1. The Hall–Kier alpha value is -1.94. The second-order valence-electron chi connectivity index (χ2n) is 6.01. The lowest BCUT2D eigenvalue weighted by Crippen LogP contribution is -2.31. The summed E-state index contributed by atoms with van der Waals surface area (Å²) < 4.78 is 5.68. The smallest absolute Gasteiger partial charge is 0.208 e. The summed E-state index contributed by atoms with van der Waals surface area (Å²) >= 11 is 0. The molecule has 0 saturated carbocycles. The summed E-state index contributed by atoms with van der Waals surface area (Å²) in [7, 11) is 0. The first-order chi connectivity index (χ1) is 10.6. The molecule has 4 heteroatoms. The van der Waals surface area contributed by atoms with Gasteiger partial charge in [-0.05, 0) is 33.2 Å². The number of benzene rings is 1. The van der Waals surface area contributed by atoms with E-state index in [0.29, 0.717) is 19.0 Å². The number of rotatable bonds is 5. The van der Waals surface area contributed by atoms with E-state index in [2.05, 4.69) is 9.88 Å². The summed E-state index contributed by atoms with van der Waals surface area (Å²) in [5.74, 6) is 1.86. The van der Waals surface area contributed by atoms with E-state index in [-0.39, 0.29) is 5.78 Å². The molecule has 22 heavy (non-hydrogen) atoms. The summed E-state index contributed by atoms with van der Waals surface area (Å²) in [6, 6.07) is 9.84. The average Bonchev–Trinajstić information content (AvgIpc) is 3.07. The molecule has 0 unspecified atom stereocenters. The number of likely N-dealkylation sites (tertiary alicyclic amines) is 1. The van der Waals surface area contributed by atoms with Crippen LogP contribution >= 0.6 is 0 Å². The van der Waals surface area contributed by atoms with Crippen molar-refractivity contribution in [2.24, 2.45) is 0 Å².